The Bertz CT molecular complexity index is 580. The lowest BCUT2D eigenvalue weighted by Gasteiger charge is -2.19. The van der Waals surface area contributed by atoms with Crippen LogP contribution in [0.5, 0.6) is 5.75 Å². The summed E-state index contributed by atoms with van der Waals surface area (Å²) in [5, 5.41) is 9.48. The normalized spacial score (nSPS) is 13.7. The van der Waals surface area contributed by atoms with E-state index in [2.05, 4.69) is 17.0 Å². The first-order valence-corrected chi connectivity index (χ1v) is 6.13. The fourth-order valence-electron chi connectivity index (χ4n) is 2.53. The maximum atomic E-state index is 9.48. The van der Waals surface area contributed by atoms with E-state index in [0.29, 0.717) is 5.75 Å². The molecule has 1 aliphatic heterocycles. The molecule has 3 heteroatoms. The number of aromatic hydroxyl groups is 1. The largest absolute Gasteiger partial charge is 0.508 e. The number of hydrogen-bond acceptors (Lipinski definition) is 3. The van der Waals surface area contributed by atoms with Gasteiger partial charge in [0, 0.05) is 24.5 Å². The maximum Gasteiger partial charge on any atom is 0.115 e. The third-order valence-electron chi connectivity index (χ3n) is 3.38. The molecule has 0 spiro atoms. The zero-order valence-electron chi connectivity index (χ0n) is 10.1. The number of fused-ring (bicyclic) bond motifs is 1. The predicted octanol–water partition coefficient (Wildman–Crippen LogP) is 2.54. The van der Waals surface area contributed by atoms with Crippen molar-refractivity contribution in [1.82, 2.24) is 0 Å². The molecule has 0 radical (unpaired) electrons. The molecule has 0 aliphatic carbocycles. The number of rotatable bonds is 2. The van der Waals surface area contributed by atoms with E-state index in [0.717, 1.165) is 30.8 Å². The van der Waals surface area contributed by atoms with Crippen molar-refractivity contribution < 1.29 is 5.11 Å². The second-order valence-corrected chi connectivity index (χ2v) is 4.73. The van der Waals surface area contributed by atoms with Gasteiger partial charge in [0.05, 0.1) is 0 Å². The second-order valence-electron chi connectivity index (χ2n) is 4.73. The van der Waals surface area contributed by atoms with Crippen LogP contribution in [0.1, 0.15) is 11.1 Å². The van der Waals surface area contributed by atoms with Crippen molar-refractivity contribution in [2.24, 2.45) is 0 Å². The molecule has 0 aromatic heterocycles. The number of nitrogen functional groups attached to an aromatic ring is 1. The second kappa shape index (κ2) is 4.26. The number of nitrogens with zero attached hydrogens (tertiary/aromatic N) is 1. The molecule has 3 nitrogen and oxygen atoms in total. The molecule has 0 saturated heterocycles. The smallest absolute Gasteiger partial charge is 0.115 e. The highest BCUT2D eigenvalue weighted by atomic mass is 16.3. The molecule has 0 fully saturated rings. The predicted molar refractivity (Wildman–Crippen MR) is 73.7 cm³/mol. The monoisotopic (exact) mass is 240 g/mol. The number of phenols is 1. The molecule has 2 aromatic carbocycles. The van der Waals surface area contributed by atoms with E-state index in [1.807, 2.05) is 24.3 Å². The SMILES string of the molecule is Nc1ccc2c(c1)CCN2Cc1cccc(O)c1. The molecular weight excluding hydrogens is 224 g/mol. The summed E-state index contributed by atoms with van der Waals surface area (Å²) < 4.78 is 0. The summed E-state index contributed by atoms with van der Waals surface area (Å²) in [5.74, 6) is 0.323. The minimum atomic E-state index is 0.323. The molecule has 1 heterocycles. The molecule has 92 valence electrons. The summed E-state index contributed by atoms with van der Waals surface area (Å²) in [7, 11) is 0. The van der Waals surface area contributed by atoms with Gasteiger partial charge in [-0.15, -0.1) is 0 Å². The third-order valence-corrected chi connectivity index (χ3v) is 3.38. The first-order chi connectivity index (χ1) is 8.72. The first kappa shape index (κ1) is 11.0. The summed E-state index contributed by atoms with van der Waals surface area (Å²) in [6, 6.07) is 13.5. The number of benzene rings is 2. The van der Waals surface area contributed by atoms with Crippen LogP contribution in [0.4, 0.5) is 11.4 Å². The lowest BCUT2D eigenvalue weighted by atomic mass is 10.1. The van der Waals surface area contributed by atoms with Crippen LogP contribution in [-0.2, 0) is 13.0 Å². The molecule has 18 heavy (non-hydrogen) atoms. The summed E-state index contributed by atoms with van der Waals surface area (Å²) >= 11 is 0. The number of phenolic OH excluding ortho intramolecular Hbond substituents is 1. The first-order valence-electron chi connectivity index (χ1n) is 6.13. The Hall–Kier alpha value is -2.16. The standard InChI is InChI=1S/C15H16N2O/c16-13-4-5-15-12(9-13)6-7-17(15)10-11-2-1-3-14(18)8-11/h1-5,8-9,18H,6-7,10,16H2. The van der Waals surface area contributed by atoms with Crippen molar-refractivity contribution in [2.75, 3.05) is 17.2 Å². The summed E-state index contributed by atoms with van der Waals surface area (Å²) in [4.78, 5) is 2.32. The minimum Gasteiger partial charge on any atom is -0.508 e. The van der Waals surface area contributed by atoms with Gasteiger partial charge in [0.1, 0.15) is 5.75 Å². The van der Waals surface area contributed by atoms with Gasteiger partial charge in [-0.2, -0.15) is 0 Å². The average molecular weight is 240 g/mol. The molecule has 3 N–H and O–H groups in total. The Morgan fingerprint density at radius 1 is 1.17 bits per heavy atom. The highest BCUT2D eigenvalue weighted by molar-refractivity contribution is 5.63. The van der Waals surface area contributed by atoms with Crippen LogP contribution in [0.2, 0.25) is 0 Å². The molecule has 0 amide bonds. The van der Waals surface area contributed by atoms with Crippen molar-refractivity contribution in [2.45, 2.75) is 13.0 Å². The lowest BCUT2D eigenvalue weighted by Crippen LogP contribution is -2.19. The average Bonchev–Trinajstić information content (AvgIpc) is 2.72. The highest BCUT2D eigenvalue weighted by Gasteiger charge is 2.18. The topological polar surface area (TPSA) is 49.5 Å². The fraction of sp³-hybridized carbons (Fsp3) is 0.200. The van der Waals surface area contributed by atoms with Gasteiger partial charge < -0.3 is 15.7 Å². The summed E-state index contributed by atoms with van der Waals surface area (Å²) in [6.45, 7) is 1.83. The van der Waals surface area contributed by atoms with Gasteiger partial charge >= 0.3 is 0 Å². The van der Waals surface area contributed by atoms with Gasteiger partial charge in [0.25, 0.3) is 0 Å². The van der Waals surface area contributed by atoms with Crippen molar-refractivity contribution >= 4 is 11.4 Å². The van der Waals surface area contributed by atoms with Gasteiger partial charge in [-0.1, -0.05) is 12.1 Å². The van der Waals surface area contributed by atoms with Crippen LogP contribution in [0.15, 0.2) is 42.5 Å². The molecule has 1 aliphatic rings. The summed E-state index contributed by atoms with van der Waals surface area (Å²) in [6.07, 6.45) is 1.04. The van der Waals surface area contributed by atoms with E-state index >= 15 is 0 Å². The van der Waals surface area contributed by atoms with Crippen LogP contribution in [0.25, 0.3) is 0 Å². The molecule has 2 aromatic rings. The Balaban J connectivity index is 1.85. The molecule has 3 rings (SSSR count). The molecule has 0 bridgehead atoms. The van der Waals surface area contributed by atoms with E-state index < -0.39 is 0 Å². The van der Waals surface area contributed by atoms with Crippen molar-refractivity contribution in [3.05, 3.63) is 53.6 Å². The maximum absolute atomic E-state index is 9.48. The van der Waals surface area contributed by atoms with E-state index in [-0.39, 0.29) is 0 Å². The molecular formula is C15H16N2O. The Kier molecular flexibility index (Phi) is 2.59. The van der Waals surface area contributed by atoms with Crippen molar-refractivity contribution in [1.29, 1.82) is 0 Å². The minimum absolute atomic E-state index is 0.323. The highest BCUT2D eigenvalue weighted by Crippen LogP contribution is 2.31. The number of nitrogens with two attached hydrogens (primary N) is 1. The van der Waals surface area contributed by atoms with Crippen LogP contribution in [-0.4, -0.2) is 11.7 Å². The molecule has 0 unspecified atom stereocenters. The quantitative estimate of drug-likeness (QED) is 0.793. The van der Waals surface area contributed by atoms with Crippen LogP contribution in [0, 0.1) is 0 Å². The van der Waals surface area contributed by atoms with Crippen LogP contribution in [0.3, 0.4) is 0 Å². The number of anilines is 2. The Morgan fingerprint density at radius 3 is 2.89 bits per heavy atom. The van der Waals surface area contributed by atoms with Gasteiger partial charge in [0.2, 0.25) is 0 Å². The van der Waals surface area contributed by atoms with E-state index in [4.69, 9.17) is 5.73 Å². The van der Waals surface area contributed by atoms with Crippen molar-refractivity contribution in [3.8, 4) is 5.75 Å². The van der Waals surface area contributed by atoms with Crippen LogP contribution < -0.4 is 10.6 Å². The Morgan fingerprint density at radius 2 is 2.06 bits per heavy atom. The van der Waals surface area contributed by atoms with Crippen molar-refractivity contribution in [3.63, 3.8) is 0 Å². The van der Waals surface area contributed by atoms with Crippen LogP contribution >= 0.6 is 0 Å². The van der Waals surface area contributed by atoms with E-state index in [1.165, 1.54) is 11.3 Å². The molecule has 0 saturated carbocycles. The number of hydrogen-bond donors (Lipinski definition) is 2. The lowest BCUT2D eigenvalue weighted by molar-refractivity contribution is 0.474. The van der Waals surface area contributed by atoms with Gasteiger partial charge in [-0.3, -0.25) is 0 Å². The molecule has 0 atom stereocenters. The zero-order chi connectivity index (χ0) is 12.5. The summed E-state index contributed by atoms with van der Waals surface area (Å²) in [5.41, 5.74) is 10.3. The van der Waals surface area contributed by atoms with E-state index in [9.17, 15) is 5.11 Å². The Labute approximate surface area is 106 Å². The van der Waals surface area contributed by atoms with Gasteiger partial charge in [0.15, 0.2) is 0 Å². The van der Waals surface area contributed by atoms with Gasteiger partial charge in [-0.25, -0.2) is 0 Å². The fourth-order valence-corrected chi connectivity index (χ4v) is 2.53. The van der Waals surface area contributed by atoms with Gasteiger partial charge in [-0.05, 0) is 47.9 Å². The third kappa shape index (κ3) is 1.99. The van der Waals surface area contributed by atoms with E-state index in [1.54, 1.807) is 6.07 Å². The zero-order valence-corrected chi connectivity index (χ0v) is 10.1.